The van der Waals surface area contributed by atoms with Crippen molar-refractivity contribution >= 4 is 21.8 Å². The fourth-order valence-corrected chi connectivity index (χ4v) is 3.60. The Morgan fingerprint density at radius 3 is 2.83 bits per heavy atom. The molecule has 1 saturated heterocycles. The first-order chi connectivity index (χ1) is 14.5. The third-order valence-electron chi connectivity index (χ3n) is 5.11. The summed E-state index contributed by atoms with van der Waals surface area (Å²) in [6.45, 7) is 3.26. The molecule has 0 radical (unpaired) electrons. The van der Waals surface area contributed by atoms with Gasteiger partial charge in [-0.2, -0.15) is 4.98 Å². The van der Waals surface area contributed by atoms with Crippen LogP contribution in [0.25, 0.3) is 11.4 Å². The van der Waals surface area contributed by atoms with Crippen molar-refractivity contribution in [3.63, 3.8) is 0 Å². The van der Waals surface area contributed by atoms with E-state index in [0.29, 0.717) is 49.0 Å². The summed E-state index contributed by atoms with van der Waals surface area (Å²) in [4.78, 5) is 18.8. The second-order valence-electron chi connectivity index (χ2n) is 7.23. The number of ether oxygens (including phenoxy) is 1. The highest BCUT2D eigenvalue weighted by Crippen LogP contribution is 2.24. The Bertz CT molecular complexity index is 1040. The zero-order chi connectivity index (χ0) is 21.1. The predicted octanol–water partition coefficient (Wildman–Crippen LogP) is 4.48. The molecule has 1 amide bonds. The van der Waals surface area contributed by atoms with Gasteiger partial charge in [0.1, 0.15) is 11.9 Å². The van der Waals surface area contributed by atoms with E-state index in [1.807, 2.05) is 29.2 Å². The van der Waals surface area contributed by atoms with Crippen molar-refractivity contribution in [3.8, 4) is 11.4 Å². The van der Waals surface area contributed by atoms with Crippen LogP contribution >= 0.6 is 15.9 Å². The van der Waals surface area contributed by atoms with E-state index in [0.717, 1.165) is 10.0 Å². The maximum atomic E-state index is 13.8. The van der Waals surface area contributed by atoms with Crippen LogP contribution in [-0.2, 0) is 16.0 Å². The number of halogens is 2. The molecule has 0 N–H and O–H groups in total. The van der Waals surface area contributed by atoms with Crippen LogP contribution in [0.3, 0.4) is 0 Å². The molecule has 1 fully saturated rings. The number of rotatable bonds is 5. The predicted molar refractivity (Wildman–Crippen MR) is 112 cm³/mol. The Morgan fingerprint density at radius 2 is 2.07 bits per heavy atom. The maximum Gasteiger partial charge on any atom is 0.227 e. The molecule has 0 aliphatic carbocycles. The summed E-state index contributed by atoms with van der Waals surface area (Å²) in [5.41, 5.74) is 2.15. The lowest BCUT2D eigenvalue weighted by molar-refractivity contribution is -0.139. The minimum absolute atomic E-state index is 0.0153. The quantitative estimate of drug-likeness (QED) is 0.546. The molecule has 2 heterocycles. The van der Waals surface area contributed by atoms with Gasteiger partial charge in [0, 0.05) is 29.4 Å². The number of amides is 1. The van der Waals surface area contributed by atoms with E-state index in [9.17, 15) is 9.18 Å². The van der Waals surface area contributed by atoms with Crippen molar-refractivity contribution in [2.24, 2.45) is 0 Å². The van der Waals surface area contributed by atoms with E-state index in [4.69, 9.17) is 9.26 Å². The molecule has 1 aromatic heterocycles. The van der Waals surface area contributed by atoms with Gasteiger partial charge in [0.05, 0.1) is 13.2 Å². The third kappa shape index (κ3) is 4.76. The second-order valence-corrected chi connectivity index (χ2v) is 8.14. The summed E-state index contributed by atoms with van der Waals surface area (Å²) in [6, 6.07) is 12.7. The van der Waals surface area contributed by atoms with Gasteiger partial charge < -0.3 is 14.2 Å². The zero-order valence-corrected chi connectivity index (χ0v) is 18.1. The van der Waals surface area contributed by atoms with Gasteiger partial charge in [-0.25, -0.2) is 4.39 Å². The molecule has 0 spiro atoms. The van der Waals surface area contributed by atoms with Crippen LogP contribution in [0.1, 0.15) is 29.5 Å². The van der Waals surface area contributed by atoms with Gasteiger partial charge in [-0.3, -0.25) is 4.79 Å². The van der Waals surface area contributed by atoms with Crippen LogP contribution in [0, 0.1) is 12.7 Å². The van der Waals surface area contributed by atoms with Crippen LogP contribution in [0.5, 0.6) is 0 Å². The number of nitrogens with zero attached hydrogens (tertiary/aromatic N) is 3. The van der Waals surface area contributed by atoms with Gasteiger partial charge in [-0.05, 0) is 36.2 Å². The van der Waals surface area contributed by atoms with Gasteiger partial charge in [0.25, 0.3) is 0 Å². The van der Waals surface area contributed by atoms with Crippen molar-refractivity contribution in [2.45, 2.75) is 25.9 Å². The number of morpholine rings is 1. The Hall–Kier alpha value is -2.58. The number of aromatic nitrogens is 2. The van der Waals surface area contributed by atoms with Crippen molar-refractivity contribution in [3.05, 3.63) is 69.8 Å². The number of benzene rings is 2. The highest BCUT2D eigenvalue weighted by atomic mass is 79.9. The summed E-state index contributed by atoms with van der Waals surface area (Å²) in [5, 5.41) is 3.90. The maximum absolute atomic E-state index is 13.8. The molecule has 2 aromatic carbocycles. The van der Waals surface area contributed by atoms with Crippen LogP contribution in [0.2, 0.25) is 0 Å². The number of aryl methyl sites for hydroxylation is 2. The lowest BCUT2D eigenvalue weighted by Crippen LogP contribution is -2.42. The highest BCUT2D eigenvalue weighted by molar-refractivity contribution is 9.10. The van der Waals surface area contributed by atoms with Crippen molar-refractivity contribution in [1.29, 1.82) is 0 Å². The van der Waals surface area contributed by atoms with Crippen molar-refractivity contribution < 1.29 is 18.4 Å². The molecule has 0 bridgehead atoms. The molecule has 156 valence electrons. The summed E-state index contributed by atoms with van der Waals surface area (Å²) >= 11 is 3.43. The summed E-state index contributed by atoms with van der Waals surface area (Å²) in [5.74, 6) is 0.373. The lowest BCUT2D eigenvalue weighted by Gasteiger charge is -2.33. The van der Waals surface area contributed by atoms with Crippen LogP contribution < -0.4 is 0 Å². The Kier molecular flexibility index (Phi) is 6.24. The van der Waals surface area contributed by atoms with E-state index in [1.165, 1.54) is 6.07 Å². The molecule has 3 aromatic rings. The smallest absolute Gasteiger partial charge is 0.227 e. The molecule has 1 aliphatic rings. The van der Waals surface area contributed by atoms with E-state index in [-0.39, 0.29) is 24.2 Å². The lowest BCUT2D eigenvalue weighted by atomic mass is 10.1. The van der Waals surface area contributed by atoms with Gasteiger partial charge >= 0.3 is 0 Å². The molecule has 4 rings (SSSR count). The molecular formula is C22H21BrFN3O3. The molecular weight excluding hydrogens is 453 g/mol. The topological polar surface area (TPSA) is 68.5 Å². The first-order valence-corrected chi connectivity index (χ1v) is 10.5. The molecule has 6 nitrogen and oxygen atoms in total. The van der Waals surface area contributed by atoms with Gasteiger partial charge in [0.2, 0.25) is 17.6 Å². The van der Waals surface area contributed by atoms with Crippen molar-refractivity contribution in [2.75, 3.05) is 19.7 Å². The Balaban J connectivity index is 1.34. The number of carbonyl (C=O) groups is 1. The van der Waals surface area contributed by atoms with E-state index >= 15 is 0 Å². The molecule has 30 heavy (non-hydrogen) atoms. The standard InChI is InChI=1S/C22H21BrFN3O3/c1-14-2-3-16(12-18(14)24)22-25-20(30-26-22)8-9-21(28)27-10-11-29-19(13-27)15-4-6-17(23)7-5-15/h2-7,12,19H,8-11,13H2,1H3. The van der Waals surface area contributed by atoms with E-state index < -0.39 is 0 Å². The van der Waals surface area contributed by atoms with Crippen molar-refractivity contribution in [1.82, 2.24) is 15.0 Å². The molecule has 1 aliphatic heterocycles. The molecule has 1 atom stereocenters. The minimum Gasteiger partial charge on any atom is -0.370 e. The van der Waals surface area contributed by atoms with Gasteiger partial charge in [-0.15, -0.1) is 0 Å². The SMILES string of the molecule is Cc1ccc(-c2noc(CCC(=O)N3CCOC(c4ccc(Br)cc4)C3)n2)cc1F. The van der Waals surface area contributed by atoms with E-state index in [2.05, 4.69) is 26.1 Å². The Labute approximate surface area is 182 Å². The van der Waals surface area contributed by atoms with E-state index in [1.54, 1.807) is 19.1 Å². The number of hydrogen-bond acceptors (Lipinski definition) is 5. The van der Waals surface area contributed by atoms with Crippen LogP contribution in [-0.4, -0.2) is 40.6 Å². The first-order valence-electron chi connectivity index (χ1n) is 9.73. The number of hydrogen-bond donors (Lipinski definition) is 0. The summed E-state index contributed by atoms with van der Waals surface area (Å²) < 4.78 is 25.8. The minimum atomic E-state index is -0.318. The first kappa shape index (κ1) is 20.7. The largest absolute Gasteiger partial charge is 0.370 e. The molecule has 8 heteroatoms. The highest BCUT2D eigenvalue weighted by Gasteiger charge is 2.25. The average Bonchev–Trinajstić information content (AvgIpc) is 3.24. The fourth-order valence-electron chi connectivity index (χ4n) is 3.33. The zero-order valence-electron chi connectivity index (χ0n) is 16.5. The summed E-state index contributed by atoms with van der Waals surface area (Å²) in [6.07, 6.45) is 0.458. The normalized spacial score (nSPS) is 16.6. The second kappa shape index (κ2) is 9.06. The van der Waals surface area contributed by atoms with Gasteiger partial charge in [0.15, 0.2) is 0 Å². The fraction of sp³-hybridized carbons (Fsp3) is 0.318. The third-order valence-corrected chi connectivity index (χ3v) is 5.64. The molecule has 1 unspecified atom stereocenters. The van der Waals surface area contributed by atoms with Gasteiger partial charge in [-0.1, -0.05) is 45.4 Å². The summed E-state index contributed by atoms with van der Waals surface area (Å²) in [7, 11) is 0. The monoisotopic (exact) mass is 473 g/mol. The Morgan fingerprint density at radius 1 is 1.27 bits per heavy atom. The van der Waals surface area contributed by atoms with Crippen LogP contribution in [0.15, 0.2) is 51.5 Å². The van der Waals surface area contributed by atoms with Crippen LogP contribution in [0.4, 0.5) is 4.39 Å². The average molecular weight is 474 g/mol. The molecule has 0 saturated carbocycles. The number of carbonyl (C=O) groups excluding carboxylic acids is 1.